The summed E-state index contributed by atoms with van der Waals surface area (Å²) in [6.45, 7) is 5.70. The summed E-state index contributed by atoms with van der Waals surface area (Å²) < 4.78 is 5.25. The van der Waals surface area contributed by atoms with Crippen LogP contribution in [-0.4, -0.2) is 21.3 Å². The van der Waals surface area contributed by atoms with Crippen LogP contribution >= 0.6 is 0 Å². The van der Waals surface area contributed by atoms with Crippen LogP contribution in [0.4, 0.5) is 5.69 Å². The van der Waals surface area contributed by atoms with Gasteiger partial charge in [0.1, 0.15) is 5.56 Å². The lowest BCUT2D eigenvalue weighted by atomic mass is 10.0. The Morgan fingerprint density at radius 3 is 2.95 bits per heavy atom. The first-order valence-corrected chi connectivity index (χ1v) is 6.77. The van der Waals surface area contributed by atoms with Crippen LogP contribution in [0.15, 0.2) is 28.9 Å². The van der Waals surface area contributed by atoms with Crippen molar-refractivity contribution in [3.63, 3.8) is 0 Å². The Kier molecular flexibility index (Phi) is 3.21. The van der Waals surface area contributed by atoms with Crippen molar-refractivity contribution >= 4 is 22.5 Å². The number of rotatable bonds is 3. The molecule has 3 rings (SSSR count). The molecule has 0 spiro atoms. The number of fused-ring (bicyclic) bond motifs is 1. The van der Waals surface area contributed by atoms with E-state index in [2.05, 4.69) is 20.7 Å². The Labute approximate surface area is 121 Å². The molecule has 2 heterocycles. The molecule has 6 heteroatoms. The third kappa shape index (κ3) is 2.40. The number of aryl methyl sites for hydroxylation is 1. The van der Waals surface area contributed by atoms with E-state index in [1.54, 1.807) is 13.1 Å². The fourth-order valence-electron chi connectivity index (χ4n) is 2.27. The van der Waals surface area contributed by atoms with Gasteiger partial charge in [-0.3, -0.25) is 9.89 Å². The van der Waals surface area contributed by atoms with Gasteiger partial charge in [-0.05, 0) is 25.1 Å². The summed E-state index contributed by atoms with van der Waals surface area (Å²) in [5, 5.41) is 14.5. The highest BCUT2D eigenvalue weighted by atomic mass is 16.5. The second-order valence-corrected chi connectivity index (χ2v) is 5.29. The number of hydrogen-bond acceptors (Lipinski definition) is 4. The van der Waals surface area contributed by atoms with Crippen LogP contribution in [-0.2, 0) is 0 Å². The highest BCUT2D eigenvalue weighted by Crippen LogP contribution is 2.24. The normalized spacial score (nSPS) is 11.2. The van der Waals surface area contributed by atoms with Gasteiger partial charge in [0, 0.05) is 17.0 Å². The number of nitrogens with zero attached hydrogens (tertiary/aromatic N) is 2. The first kappa shape index (κ1) is 13.4. The largest absolute Gasteiger partial charge is 0.360 e. The van der Waals surface area contributed by atoms with E-state index in [1.165, 1.54) is 0 Å². The minimum Gasteiger partial charge on any atom is -0.360 e. The van der Waals surface area contributed by atoms with Gasteiger partial charge >= 0.3 is 0 Å². The van der Waals surface area contributed by atoms with E-state index in [9.17, 15) is 4.79 Å². The van der Waals surface area contributed by atoms with Gasteiger partial charge in [-0.2, -0.15) is 5.10 Å². The summed E-state index contributed by atoms with van der Waals surface area (Å²) in [5.74, 6) is 0.498. The second kappa shape index (κ2) is 5.05. The average molecular weight is 284 g/mol. The van der Waals surface area contributed by atoms with Gasteiger partial charge < -0.3 is 9.84 Å². The number of nitrogens with one attached hydrogen (secondary N) is 2. The van der Waals surface area contributed by atoms with Crippen molar-refractivity contribution in [3.05, 3.63) is 41.4 Å². The van der Waals surface area contributed by atoms with Gasteiger partial charge in [0.05, 0.1) is 17.4 Å². The number of aromatic nitrogens is 3. The first-order valence-electron chi connectivity index (χ1n) is 6.77. The Hall–Kier alpha value is -2.63. The lowest BCUT2D eigenvalue weighted by molar-refractivity contribution is 0.102. The van der Waals surface area contributed by atoms with Crippen LogP contribution in [0.5, 0.6) is 0 Å². The predicted molar refractivity (Wildman–Crippen MR) is 79.4 cm³/mol. The minimum absolute atomic E-state index is 0.100. The van der Waals surface area contributed by atoms with E-state index in [1.807, 2.05) is 32.0 Å². The lowest BCUT2D eigenvalue weighted by Crippen LogP contribution is -2.14. The molecule has 1 aromatic carbocycles. The molecule has 0 unspecified atom stereocenters. The van der Waals surface area contributed by atoms with Crippen molar-refractivity contribution in [3.8, 4) is 0 Å². The molecule has 0 aliphatic carbocycles. The molecule has 0 radical (unpaired) electrons. The Morgan fingerprint density at radius 1 is 1.38 bits per heavy atom. The van der Waals surface area contributed by atoms with Crippen molar-refractivity contribution in [1.82, 2.24) is 15.4 Å². The van der Waals surface area contributed by atoms with Gasteiger partial charge in [-0.15, -0.1) is 0 Å². The Balaban J connectivity index is 1.90. The molecule has 6 nitrogen and oxygen atoms in total. The molecule has 2 aromatic heterocycles. The molecule has 1 amide bonds. The van der Waals surface area contributed by atoms with E-state index in [-0.39, 0.29) is 11.8 Å². The molecule has 0 fully saturated rings. The minimum atomic E-state index is -0.208. The summed E-state index contributed by atoms with van der Waals surface area (Å²) >= 11 is 0. The number of amides is 1. The number of H-pyrrole nitrogens is 1. The van der Waals surface area contributed by atoms with Gasteiger partial charge in [0.2, 0.25) is 0 Å². The van der Waals surface area contributed by atoms with Gasteiger partial charge in [-0.25, -0.2) is 0 Å². The maximum Gasteiger partial charge on any atom is 0.261 e. The summed E-state index contributed by atoms with van der Waals surface area (Å²) in [5.41, 5.74) is 2.75. The summed E-state index contributed by atoms with van der Waals surface area (Å²) in [6.07, 6.45) is 1.72. The zero-order valence-electron chi connectivity index (χ0n) is 12.1. The highest BCUT2D eigenvalue weighted by Gasteiger charge is 2.22. The third-order valence-corrected chi connectivity index (χ3v) is 3.34. The maximum atomic E-state index is 12.5. The van der Waals surface area contributed by atoms with Crippen molar-refractivity contribution in [1.29, 1.82) is 0 Å². The van der Waals surface area contributed by atoms with Crippen LogP contribution in [0.2, 0.25) is 0 Å². The molecule has 0 aliphatic rings. The number of aromatic amines is 1. The molecule has 21 heavy (non-hydrogen) atoms. The zero-order valence-corrected chi connectivity index (χ0v) is 12.1. The molecule has 0 aliphatic heterocycles. The average Bonchev–Trinajstić information content (AvgIpc) is 3.04. The fourth-order valence-corrected chi connectivity index (χ4v) is 2.27. The van der Waals surface area contributed by atoms with E-state index in [4.69, 9.17) is 4.52 Å². The van der Waals surface area contributed by atoms with Gasteiger partial charge in [0.15, 0.2) is 5.76 Å². The lowest BCUT2D eigenvalue weighted by Gasteiger charge is -2.07. The maximum absolute atomic E-state index is 12.5. The molecular weight excluding hydrogens is 268 g/mol. The topological polar surface area (TPSA) is 83.8 Å². The number of carbonyl (C=O) groups excluding carboxylic acids is 1. The summed E-state index contributed by atoms with van der Waals surface area (Å²) in [6, 6.07) is 5.58. The molecular formula is C15H16N4O2. The molecule has 0 atom stereocenters. The number of hydrogen-bond donors (Lipinski definition) is 2. The van der Waals surface area contributed by atoms with Crippen molar-refractivity contribution in [2.24, 2.45) is 0 Å². The van der Waals surface area contributed by atoms with E-state index >= 15 is 0 Å². The standard InChI is InChI=1S/C15H16N4O2/c1-8(2)14-13(9(3)19-21-14)15(20)17-11-4-5-12-10(6-11)7-16-18-12/h4-8H,1-3H3,(H,16,18)(H,17,20). The van der Waals surface area contributed by atoms with Crippen molar-refractivity contribution in [2.45, 2.75) is 26.7 Å². The number of benzene rings is 1. The van der Waals surface area contributed by atoms with E-state index in [0.717, 1.165) is 10.9 Å². The summed E-state index contributed by atoms with van der Waals surface area (Å²) in [7, 11) is 0. The molecule has 3 aromatic rings. The Bertz CT molecular complexity index is 801. The Morgan fingerprint density at radius 2 is 2.19 bits per heavy atom. The third-order valence-electron chi connectivity index (χ3n) is 3.34. The quantitative estimate of drug-likeness (QED) is 0.773. The van der Waals surface area contributed by atoms with Crippen molar-refractivity contribution < 1.29 is 9.32 Å². The SMILES string of the molecule is Cc1noc(C(C)C)c1C(=O)Nc1ccc2[nH]ncc2c1. The van der Waals surface area contributed by atoms with Gasteiger partial charge in [-0.1, -0.05) is 19.0 Å². The zero-order chi connectivity index (χ0) is 15.0. The molecule has 0 bridgehead atoms. The molecule has 0 saturated heterocycles. The highest BCUT2D eigenvalue weighted by molar-refractivity contribution is 6.06. The molecule has 108 valence electrons. The van der Waals surface area contributed by atoms with Crippen LogP contribution in [0.25, 0.3) is 10.9 Å². The van der Waals surface area contributed by atoms with Crippen molar-refractivity contribution in [2.75, 3.05) is 5.32 Å². The second-order valence-electron chi connectivity index (χ2n) is 5.29. The fraction of sp³-hybridized carbons (Fsp3) is 0.267. The predicted octanol–water partition coefficient (Wildman–Crippen LogP) is 3.24. The molecule has 2 N–H and O–H groups in total. The van der Waals surface area contributed by atoms with Crippen LogP contribution in [0.1, 0.15) is 41.6 Å². The first-order chi connectivity index (χ1) is 10.1. The molecule has 0 saturated carbocycles. The van der Waals surface area contributed by atoms with Gasteiger partial charge in [0.25, 0.3) is 5.91 Å². The van der Waals surface area contributed by atoms with E-state index < -0.39 is 0 Å². The monoisotopic (exact) mass is 284 g/mol. The van der Waals surface area contributed by atoms with Crippen LogP contribution < -0.4 is 5.32 Å². The summed E-state index contributed by atoms with van der Waals surface area (Å²) in [4.78, 5) is 12.5. The number of anilines is 1. The smallest absolute Gasteiger partial charge is 0.261 e. The van der Waals surface area contributed by atoms with E-state index in [0.29, 0.717) is 22.7 Å². The van der Waals surface area contributed by atoms with Crippen LogP contribution in [0, 0.1) is 6.92 Å². The van der Waals surface area contributed by atoms with Crippen LogP contribution in [0.3, 0.4) is 0 Å². The number of carbonyl (C=O) groups is 1.